The van der Waals surface area contributed by atoms with Gasteiger partial charge in [-0.2, -0.15) is 0 Å². The number of hydrogen-bond acceptors (Lipinski definition) is 4. The van der Waals surface area contributed by atoms with Crippen LogP contribution >= 0.6 is 0 Å². The molecular formula is C23H28N4O2. The van der Waals surface area contributed by atoms with Gasteiger partial charge in [0.15, 0.2) is 0 Å². The molecule has 1 aromatic heterocycles. The molecule has 2 N–H and O–H groups in total. The van der Waals surface area contributed by atoms with Gasteiger partial charge in [0.25, 0.3) is 0 Å². The predicted molar refractivity (Wildman–Crippen MR) is 114 cm³/mol. The van der Waals surface area contributed by atoms with Gasteiger partial charge in [-0.1, -0.05) is 24.3 Å². The first-order valence-corrected chi connectivity index (χ1v) is 10.3. The summed E-state index contributed by atoms with van der Waals surface area (Å²) in [5, 5.41) is 3.10. The number of para-hydroxylation sites is 2. The number of amides is 1. The van der Waals surface area contributed by atoms with E-state index in [4.69, 9.17) is 4.74 Å². The molecule has 1 amide bonds. The smallest absolute Gasteiger partial charge is 0.223 e. The normalized spacial score (nSPS) is 15.5. The van der Waals surface area contributed by atoms with Crippen molar-refractivity contribution < 1.29 is 9.53 Å². The molecule has 4 rings (SSSR count). The second kappa shape index (κ2) is 9.09. The third kappa shape index (κ3) is 4.95. The number of piperidine rings is 1. The molecule has 0 bridgehead atoms. The highest BCUT2D eigenvalue weighted by molar-refractivity contribution is 5.78. The summed E-state index contributed by atoms with van der Waals surface area (Å²) >= 11 is 0. The lowest BCUT2D eigenvalue weighted by Crippen LogP contribution is -2.40. The van der Waals surface area contributed by atoms with E-state index in [1.54, 1.807) is 7.11 Å². The summed E-state index contributed by atoms with van der Waals surface area (Å²) < 4.78 is 5.17. The largest absolute Gasteiger partial charge is 0.497 e. The van der Waals surface area contributed by atoms with Crippen LogP contribution in [0.15, 0.2) is 48.5 Å². The van der Waals surface area contributed by atoms with E-state index in [2.05, 4.69) is 20.2 Å². The van der Waals surface area contributed by atoms with E-state index < -0.39 is 0 Å². The fraction of sp³-hybridized carbons (Fsp3) is 0.391. The predicted octanol–water partition coefficient (Wildman–Crippen LogP) is 3.14. The Morgan fingerprint density at radius 3 is 2.66 bits per heavy atom. The van der Waals surface area contributed by atoms with Crippen LogP contribution in [-0.4, -0.2) is 47.5 Å². The molecule has 1 aliphatic heterocycles. The van der Waals surface area contributed by atoms with Crippen LogP contribution in [0.1, 0.15) is 24.2 Å². The minimum Gasteiger partial charge on any atom is -0.497 e. The molecule has 1 aliphatic rings. The molecular weight excluding hydrogens is 364 g/mol. The van der Waals surface area contributed by atoms with E-state index in [0.29, 0.717) is 6.54 Å². The van der Waals surface area contributed by atoms with Crippen LogP contribution in [0, 0.1) is 5.92 Å². The SMILES string of the molecule is COc1ccc(CCNC(=O)C2CCN(Cc3nc4ccccc4[nH]3)CC2)cc1. The van der Waals surface area contributed by atoms with Crippen molar-refractivity contribution in [3.05, 3.63) is 59.9 Å². The summed E-state index contributed by atoms with van der Waals surface area (Å²) in [7, 11) is 1.66. The van der Waals surface area contributed by atoms with Gasteiger partial charge in [0.2, 0.25) is 5.91 Å². The van der Waals surface area contributed by atoms with Gasteiger partial charge in [-0.05, 0) is 62.2 Å². The van der Waals surface area contributed by atoms with Crippen molar-refractivity contribution in [2.45, 2.75) is 25.8 Å². The second-order valence-corrected chi connectivity index (χ2v) is 7.64. The number of carbonyl (C=O) groups is 1. The number of imidazole rings is 1. The minimum absolute atomic E-state index is 0.109. The molecule has 6 heteroatoms. The Balaban J connectivity index is 1.20. The summed E-state index contributed by atoms with van der Waals surface area (Å²) in [6.07, 6.45) is 2.63. The number of fused-ring (bicyclic) bond motifs is 1. The Kier molecular flexibility index (Phi) is 6.10. The van der Waals surface area contributed by atoms with Crippen LogP contribution in [-0.2, 0) is 17.8 Å². The van der Waals surface area contributed by atoms with Gasteiger partial charge in [-0.3, -0.25) is 9.69 Å². The molecule has 0 aliphatic carbocycles. The van der Waals surface area contributed by atoms with Gasteiger partial charge in [0, 0.05) is 12.5 Å². The summed E-state index contributed by atoms with van der Waals surface area (Å²) in [6, 6.07) is 16.1. The van der Waals surface area contributed by atoms with Gasteiger partial charge in [0.1, 0.15) is 11.6 Å². The van der Waals surface area contributed by atoms with Crippen LogP contribution < -0.4 is 10.1 Å². The topological polar surface area (TPSA) is 70.2 Å². The van der Waals surface area contributed by atoms with Crippen molar-refractivity contribution in [3.8, 4) is 5.75 Å². The van der Waals surface area contributed by atoms with Crippen LogP contribution in [0.5, 0.6) is 5.75 Å². The Hall–Kier alpha value is -2.86. The molecule has 2 heterocycles. The number of nitrogens with zero attached hydrogens (tertiary/aromatic N) is 2. The lowest BCUT2D eigenvalue weighted by atomic mass is 9.96. The fourth-order valence-corrected chi connectivity index (χ4v) is 3.91. The summed E-state index contributed by atoms with van der Waals surface area (Å²) in [6.45, 7) is 3.33. The average Bonchev–Trinajstić information content (AvgIpc) is 3.17. The molecule has 0 atom stereocenters. The van der Waals surface area contributed by atoms with Gasteiger partial charge in [-0.25, -0.2) is 4.98 Å². The zero-order chi connectivity index (χ0) is 20.1. The highest BCUT2D eigenvalue weighted by Crippen LogP contribution is 2.20. The van der Waals surface area contributed by atoms with E-state index in [0.717, 1.165) is 61.5 Å². The van der Waals surface area contributed by atoms with E-state index in [1.165, 1.54) is 5.56 Å². The highest BCUT2D eigenvalue weighted by Gasteiger charge is 2.25. The number of hydrogen-bond donors (Lipinski definition) is 2. The Labute approximate surface area is 171 Å². The Morgan fingerprint density at radius 1 is 1.17 bits per heavy atom. The number of nitrogens with one attached hydrogen (secondary N) is 2. The van der Waals surface area contributed by atoms with Crippen molar-refractivity contribution in [2.24, 2.45) is 5.92 Å². The third-order valence-electron chi connectivity index (χ3n) is 5.64. The highest BCUT2D eigenvalue weighted by atomic mass is 16.5. The number of H-pyrrole nitrogens is 1. The van der Waals surface area contributed by atoms with Gasteiger partial charge < -0.3 is 15.0 Å². The van der Waals surface area contributed by atoms with Crippen molar-refractivity contribution >= 4 is 16.9 Å². The molecule has 1 saturated heterocycles. The molecule has 3 aromatic rings. The van der Waals surface area contributed by atoms with Crippen LogP contribution in [0.3, 0.4) is 0 Å². The zero-order valence-electron chi connectivity index (χ0n) is 16.9. The molecule has 6 nitrogen and oxygen atoms in total. The molecule has 1 fully saturated rings. The minimum atomic E-state index is 0.109. The van der Waals surface area contributed by atoms with Crippen LogP contribution in [0.25, 0.3) is 11.0 Å². The Bertz CT molecular complexity index is 910. The number of methoxy groups -OCH3 is 1. The van der Waals surface area contributed by atoms with E-state index in [1.807, 2.05) is 48.5 Å². The monoisotopic (exact) mass is 392 g/mol. The van der Waals surface area contributed by atoms with E-state index in [-0.39, 0.29) is 11.8 Å². The number of rotatable bonds is 7. The first-order chi connectivity index (χ1) is 14.2. The van der Waals surface area contributed by atoms with E-state index in [9.17, 15) is 4.79 Å². The fourth-order valence-electron chi connectivity index (χ4n) is 3.91. The molecule has 0 spiro atoms. The average molecular weight is 393 g/mol. The number of ether oxygens (including phenoxy) is 1. The summed E-state index contributed by atoms with van der Waals surface area (Å²) in [5.41, 5.74) is 3.29. The third-order valence-corrected chi connectivity index (χ3v) is 5.64. The molecule has 0 unspecified atom stereocenters. The zero-order valence-corrected chi connectivity index (χ0v) is 16.9. The first kappa shape index (κ1) is 19.5. The van der Waals surface area contributed by atoms with Crippen molar-refractivity contribution in [1.29, 1.82) is 0 Å². The summed E-state index contributed by atoms with van der Waals surface area (Å²) in [4.78, 5) is 22.9. The number of aromatic nitrogens is 2. The number of aromatic amines is 1. The van der Waals surface area contributed by atoms with Gasteiger partial charge in [0.05, 0.1) is 24.7 Å². The standard InChI is InChI=1S/C23H28N4O2/c1-29-19-8-6-17(7-9-19)10-13-24-23(28)18-11-14-27(15-12-18)16-22-25-20-4-2-3-5-21(20)26-22/h2-9,18H,10-16H2,1H3,(H,24,28)(H,25,26). The maximum atomic E-state index is 12.5. The van der Waals surface area contributed by atoms with E-state index >= 15 is 0 Å². The maximum Gasteiger partial charge on any atom is 0.223 e. The number of carbonyl (C=O) groups excluding carboxylic acids is 1. The Morgan fingerprint density at radius 2 is 1.93 bits per heavy atom. The van der Waals surface area contributed by atoms with Crippen molar-refractivity contribution in [2.75, 3.05) is 26.7 Å². The van der Waals surface area contributed by atoms with Gasteiger partial charge in [-0.15, -0.1) is 0 Å². The van der Waals surface area contributed by atoms with Crippen LogP contribution in [0.2, 0.25) is 0 Å². The maximum absolute atomic E-state index is 12.5. The molecule has 2 aromatic carbocycles. The quantitative estimate of drug-likeness (QED) is 0.648. The molecule has 0 radical (unpaired) electrons. The number of likely N-dealkylation sites (tertiary alicyclic amines) is 1. The number of benzene rings is 2. The lowest BCUT2D eigenvalue weighted by Gasteiger charge is -2.30. The van der Waals surface area contributed by atoms with Crippen molar-refractivity contribution in [3.63, 3.8) is 0 Å². The first-order valence-electron chi connectivity index (χ1n) is 10.3. The lowest BCUT2D eigenvalue weighted by molar-refractivity contribution is -0.126. The molecule has 29 heavy (non-hydrogen) atoms. The van der Waals surface area contributed by atoms with Crippen LogP contribution in [0.4, 0.5) is 0 Å². The second-order valence-electron chi connectivity index (χ2n) is 7.64. The van der Waals surface area contributed by atoms with Crippen molar-refractivity contribution in [1.82, 2.24) is 20.2 Å². The molecule has 152 valence electrons. The summed E-state index contributed by atoms with van der Waals surface area (Å²) in [5.74, 6) is 2.14. The van der Waals surface area contributed by atoms with Gasteiger partial charge >= 0.3 is 0 Å². The molecule has 0 saturated carbocycles.